The number of hydrogen-bond donors (Lipinski definition) is 3. The molecule has 0 radical (unpaired) electrons. The van der Waals surface area contributed by atoms with Crippen LogP contribution in [0.1, 0.15) is 83.7 Å². The number of phenolic OH excluding ortho intramolecular Hbond substituents is 1. The van der Waals surface area contributed by atoms with Crippen molar-refractivity contribution in [1.82, 2.24) is 5.32 Å². The number of nitrogens with zero attached hydrogens (tertiary/aromatic N) is 1. The first-order valence-corrected chi connectivity index (χ1v) is 20.5. The van der Waals surface area contributed by atoms with Crippen LogP contribution in [0.3, 0.4) is 0 Å². The molecule has 3 aromatic carbocycles. The maximum absolute atomic E-state index is 14.4. The molecule has 0 spiro atoms. The number of para-hydroxylation sites is 1. The SMILES string of the molecule is CCCCC1(CCCC)CN(c2ccccc2)c2cc(SC)c(OCC(=O)N[C@@H](C(=O)C[C@@H](CC)C(=O)O)c3ccc(O)cc3)cc2S(=O)(=O)C1. The molecule has 12 heteroatoms. The first-order valence-electron chi connectivity index (χ1n) is 17.6. The number of nitrogens with one attached hydrogen (secondary N) is 1. The van der Waals surface area contributed by atoms with Crippen LogP contribution >= 0.6 is 11.8 Å². The van der Waals surface area contributed by atoms with Gasteiger partial charge in [0, 0.05) is 30.1 Å². The third-order valence-corrected chi connectivity index (χ3v) is 12.3. The van der Waals surface area contributed by atoms with Crippen molar-refractivity contribution in [3.05, 3.63) is 72.3 Å². The highest BCUT2D eigenvalue weighted by Crippen LogP contribution is 2.47. The average Bonchev–Trinajstić information content (AvgIpc) is 3.21. The van der Waals surface area contributed by atoms with Crippen LogP contribution in [0.25, 0.3) is 0 Å². The predicted molar refractivity (Wildman–Crippen MR) is 201 cm³/mol. The average molecular weight is 739 g/mol. The van der Waals surface area contributed by atoms with E-state index in [9.17, 15) is 33.0 Å². The predicted octanol–water partition coefficient (Wildman–Crippen LogP) is 7.71. The van der Waals surface area contributed by atoms with E-state index in [0.717, 1.165) is 44.2 Å². The summed E-state index contributed by atoms with van der Waals surface area (Å²) in [5, 5.41) is 22.0. The van der Waals surface area contributed by atoms with Crippen molar-refractivity contribution in [1.29, 1.82) is 0 Å². The van der Waals surface area contributed by atoms with Crippen molar-refractivity contribution in [2.45, 2.75) is 88.0 Å². The van der Waals surface area contributed by atoms with E-state index < -0.39 is 51.5 Å². The third kappa shape index (κ3) is 10.1. The van der Waals surface area contributed by atoms with Gasteiger partial charge in [-0.1, -0.05) is 76.8 Å². The van der Waals surface area contributed by atoms with Gasteiger partial charge < -0.3 is 25.2 Å². The Hall–Kier alpha value is -4.03. The molecule has 10 nitrogen and oxygen atoms in total. The summed E-state index contributed by atoms with van der Waals surface area (Å²) in [6.07, 6.45) is 7.11. The van der Waals surface area contributed by atoms with Gasteiger partial charge in [-0.3, -0.25) is 14.4 Å². The van der Waals surface area contributed by atoms with Crippen molar-refractivity contribution in [3.63, 3.8) is 0 Å². The van der Waals surface area contributed by atoms with Crippen molar-refractivity contribution in [2.24, 2.45) is 11.3 Å². The summed E-state index contributed by atoms with van der Waals surface area (Å²) in [7, 11) is -3.81. The van der Waals surface area contributed by atoms with Crippen LogP contribution in [0.2, 0.25) is 0 Å². The summed E-state index contributed by atoms with van der Waals surface area (Å²) in [5.41, 5.74) is 1.38. The summed E-state index contributed by atoms with van der Waals surface area (Å²) in [6.45, 7) is 5.94. The molecular weight excluding hydrogens is 689 g/mol. The molecule has 0 aromatic heterocycles. The van der Waals surface area contributed by atoms with Gasteiger partial charge in [0.15, 0.2) is 22.2 Å². The molecule has 0 saturated carbocycles. The highest BCUT2D eigenvalue weighted by atomic mass is 32.2. The maximum atomic E-state index is 14.4. The summed E-state index contributed by atoms with van der Waals surface area (Å²) >= 11 is 1.37. The Bertz CT molecular complexity index is 1760. The lowest BCUT2D eigenvalue weighted by Gasteiger charge is -2.37. The summed E-state index contributed by atoms with van der Waals surface area (Å²) < 4.78 is 34.8. The molecule has 0 unspecified atom stereocenters. The van der Waals surface area contributed by atoms with Crippen molar-refractivity contribution in [2.75, 3.05) is 30.1 Å². The van der Waals surface area contributed by atoms with E-state index in [1.807, 2.05) is 42.7 Å². The molecule has 3 N–H and O–H groups in total. The van der Waals surface area contributed by atoms with Crippen LogP contribution in [0.15, 0.2) is 76.5 Å². The number of aliphatic carboxylic acids is 1. The number of unbranched alkanes of at least 4 members (excludes halogenated alkanes) is 2. The van der Waals surface area contributed by atoms with E-state index in [4.69, 9.17) is 4.74 Å². The number of hydrogen-bond acceptors (Lipinski definition) is 9. The normalized spacial score (nSPS) is 16.0. The number of phenols is 1. The highest BCUT2D eigenvalue weighted by molar-refractivity contribution is 7.98. The molecule has 0 bridgehead atoms. The van der Waals surface area contributed by atoms with Crippen LogP contribution in [0.4, 0.5) is 11.4 Å². The molecule has 1 aliphatic heterocycles. The number of carbonyl (C=O) groups excluding carboxylic acids is 2. The molecular formula is C39H50N2O8S2. The zero-order chi connectivity index (χ0) is 37.2. The van der Waals surface area contributed by atoms with Gasteiger partial charge in [-0.2, -0.15) is 0 Å². The maximum Gasteiger partial charge on any atom is 0.306 e. The lowest BCUT2D eigenvalue weighted by molar-refractivity contribution is -0.144. The number of anilines is 2. The first-order chi connectivity index (χ1) is 24.4. The molecule has 1 amide bonds. The van der Waals surface area contributed by atoms with E-state index in [0.29, 0.717) is 22.7 Å². The molecule has 3 aromatic rings. The number of benzene rings is 3. The van der Waals surface area contributed by atoms with Crippen molar-refractivity contribution < 1.29 is 37.8 Å². The molecule has 4 rings (SSSR count). The molecule has 1 heterocycles. The van der Waals surface area contributed by atoms with Crippen LogP contribution in [-0.4, -0.2) is 61.5 Å². The number of fused-ring (bicyclic) bond motifs is 1. The van der Waals surface area contributed by atoms with Crippen LogP contribution in [-0.2, 0) is 24.2 Å². The van der Waals surface area contributed by atoms with Crippen molar-refractivity contribution >= 4 is 50.6 Å². The Morgan fingerprint density at radius 3 is 2.20 bits per heavy atom. The van der Waals surface area contributed by atoms with Crippen LogP contribution in [0, 0.1) is 11.3 Å². The van der Waals surface area contributed by atoms with Crippen LogP contribution < -0.4 is 15.0 Å². The van der Waals surface area contributed by atoms with E-state index in [-0.39, 0.29) is 35.0 Å². The monoisotopic (exact) mass is 738 g/mol. The van der Waals surface area contributed by atoms with Gasteiger partial charge in [0.2, 0.25) is 0 Å². The number of aromatic hydroxyl groups is 1. The lowest BCUT2D eigenvalue weighted by atomic mass is 9.79. The standard InChI is InChI=1S/C39H50N2O8S2/c1-5-8-19-39(20-9-6-2)25-41(29-13-11-10-12-14-29)31-22-34(50-4)33(23-35(31)51(47,48)26-39)49-24-36(44)40-37(28-15-17-30(42)18-16-28)32(43)21-27(7-3)38(45)46/h10-18,22-23,27,37,42H,5-9,19-21,24-26H2,1-4H3,(H,40,44)(H,45,46)/t27-,37-/m1/s1. The summed E-state index contributed by atoms with van der Waals surface area (Å²) in [5.74, 6) is -2.98. The molecule has 0 fully saturated rings. The Balaban J connectivity index is 1.68. The third-order valence-electron chi connectivity index (χ3n) is 9.55. The van der Waals surface area contributed by atoms with Gasteiger partial charge in [-0.05, 0) is 61.4 Å². The second kappa shape index (κ2) is 17.9. The number of carbonyl (C=O) groups is 3. The second-order valence-corrected chi connectivity index (χ2v) is 16.2. The summed E-state index contributed by atoms with van der Waals surface area (Å²) in [4.78, 5) is 41.3. The molecule has 0 aliphatic carbocycles. The highest BCUT2D eigenvalue weighted by Gasteiger charge is 2.42. The number of ketones is 1. The molecule has 0 saturated heterocycles. The molecule has 1 aliphatic rings. The topological polar surface area (TPSA) is 150 Å². The minimum absolute atomic E-state index is 0.000390. The number of thioether (sulfide) groups is 1. The zero-order valence-electron chi connectivity index (χ0n) is 29.9. The van der Waals surface area contributed by atoms with Gasteiger partial charge in [-0.15, -0.1) is 11.8 Å². The summed E-state index contributed by atoms with van der Waals surface area (Å²) in [6, 6.07) is 17.7. The molecule has 51 heavy (non-hydrogen) atoms. The van der Waals surface area contributed by atoms with Gasteiger partial charge in [0.1, 0.15) is 17.5 Å². The number of carboxylic acid groups (broad SMARTS) is 1. The fourth-order valence-corrected chi connectivity index (χ4v) is 9.37. The van der Waals surface area contributed by atoms with E-state index >= 15 is 0 Å². The number of ether oxygens (including phenoxy) is 1. The first kappa shape index (κ1) is 39.8. The van der Waals surface area contributed by atoms with Gasteiger partial charge in [0.25, 0.3) is 5.91 Å². The number of sulfone groups is 1. The zero-order valence-corrected chi connectivity index (χ0v) is 31.5. The second-order valence-electron chi connectivity index (χ2n) is 13.4. The van der Waals surface area contributed by atoms with E-state index in [1.54, 1.807) is 6.92 Å². The Morgan fingerprint density at radius 1 is 0.980 bits per heavy atom. The van der Waals surface area contributed by atoms with Crippen molar-refractivity contribution in [3.8, 4) is 11.5 Å². The lowest BCUT2D eigenvalue weighted by Crippen LogP contribution is -2.38. The number of carboxylic acids is 1. The van der Waals surface area contributed by atoms with E-state index in [1.165, 1.54) is 42.1 Å². The fraction of sp³-hybridized carbons (Fsp3) is 0.462. The fourth-order valence-electron chi connectivity index (χ4n) is 6.71. The smallest absolute Gasteiger partial charge is 0.306 e. The quantitative estimate of drug-likeness (QED) is 0.111. The van der Waals surface area contributed by atoms with E-state index in [2.05, 4.69) is 24.1 Å². The molecule has 276 valence electrons. The minimum atomic E-state index is -3.81. The molecule has 2 atom stereocenters. The van der Waals surface area contributed by atoms with Crippen LogP contribution in [0.5, 0.6) is 11.5 Å². The van der Waals surface area contributed by atoms with Gasteiger partial charge in [0.05, 0.1) is 27.1 Å². The largest absolute Gasteiger partial charge is 0.508 e. The van der Waals surface area contributed by atoms with Gasteiger partial charge >= 0.3 is 5.97 Å². The number of amides is 1. The number of Topliss-reactive ketones (excluding diaryl/α,β-unsaturated/α-hetero) is 1. The Morgan fingerprint density at radius 2 is 1.63 bits per heavy atom. The number of rotatable bonds is 18. The minimum Gasteiger partial charge on any atom is -0.508 e. The Labute approximate surface area is 305 Å². The Kier molecular flexibility index (Phi) is 14.0. The van der Waals surface area contributed by atoms with Gasteiger partial charge in [-0.25, -0.2) is 8.42 Å².